The Morgan fingerprint density at radius 2 is 2.21 bits per heavy atom. The van der Waals surface area contributed by atoms with E-state index < -0.39 is 0 Å². The summed E-state index contributed by atoms with van der Waals surface area (Å²) in [4.78, 5) is 19.0. The van der Waals surface area contributed by atoms with Crippen LogP contribution >= 0.6 is 0 Å². The average molecular weight is 336 g/mol. The first-order chi connectivity index (χ1) is 11.8. The maximum Gasteiger partial charge on any atom is 0.318 e. The summed E-state index contributed by atoms with van der Waals surface area (Å²) in [6.07, 6.45) is 7.24. The number of hydrogen-bond donors (Lipinski definition) is 1. The molecule has 2 amide bonds. The second-order valence-corrected chi connectivity index (χ2v) is 6.61. The minimum atomic E-state index is -0.0978. The van der Waals surface area contributed by atoms with Gasteiger partial charge in [-0.2, -0.15) is 4.98 Å². The summed E-state index contributed by atoms with van der Waals surface area (Å²) >= 11 is 0. The second kappa shape index (κ2) is 8.46. The first-order valence-corrected chi connectivity index (χ1v) is 9.25. The van der Waals surface area contributed by atoms with Crippen LogP contribution in [0, 0.1) is 0 Å². The van der Waals surface area contributed by atoms with E-state index in [4.69, 9.17) is 9.26 Å². The first kappa shape index (κ1) is 17.2. The van der Waals surface area contributed by atoms with Gasteiger partial charge in [-0.3, -0.25) is 0 Å². The Labute approximate surface area is 143 Å². The maximum absolute atomic E-state index is 12.6. The van der Waals surface area contributed by atoms with Crippen molar-refractivity contribution < 1.29 is 14.1 Å². The second-order valence-electron chi connectivity index (χ2n) is 6.61. The van der Waals surface area contributed by atoms with Crippen molar-refractivity contribution in [1.29, 1.82) is 0 Å². The van der Waals surface area contributed by atoms with E-state index in [0.29, 0.717) is 31.6 Å². The largest absolute Gasteiger partial charge is 0.382 e. The van der Waals surface area contributed by atoms with Crippen molar-refractivity contribution >= 4 is 6.03 Å². The zero-order valence-electron chi connectivity index (χ0n) is 14.5. The Morgan fingerprint density at radius 3 is 3.00 bits per heavy atom. The van der Waals surface area contributed by atoms with Crippen LogP contribution in [0.2, 0.25) is 0 Å². The summed E-state index contributed by atoms with van der Waals surface area (Å²) in [7, 11) is 0. The van der Waals surface area contributed by atoms with Crippen LogP contribution in [-0.2, 0) is 4.74 Å². The van der Waals surface area contributed by atoms with Gasteiger partial charge in [0.15, 0.2) is 5.82 Å². The number of rotatable bonds is 7. The van der Waals surface area contributed by atoms with Crippen molar-refractivity contribution in [3.63, 3.8) is 0 Å². The molecule has 1 N–H and O–H groups in total. The fraction of sp³-hybridized carbons (Fsp3) is 0.824. The number of carbonyl (C=O) groups is 1. The molecule has 0 bridgehead atoms. The number of urea groups is 1. The lowest BCUT2D eigenvalue weighted by Crippen LogP contribution is -2.42. The molecule has 0 aromatic carbocycles. The van der Waals surface area contributed by atoms with Gasteiger partial charge in [-0.15, -0.1) is 0 Å². The molecule has 0 radical (unpaired) electrons. The van der Waals surface area contributed by atoms with E-state index in [-0.39, 0.29) is 12.1 Å². The quantitative estimate of drug-likeness (QED) is 0.774. The Morgan fingerprint density at radius 1 is 1.33 bits per heavy atom. The van der Waals surface area contributed by atoms with Crippen LogP contribution in [0.5, 0.6) is 0 Å². The fourth-order valence-electron chi connectivity index (χ4n) is 3.11. The summed E-state index contributed by atoms with van der Waals surface area (Å²) in [5.74, 6) is 1.88. The summed E-state index contributed by atoms with van der Waals surface area (Å²) in [6, 6.07) is -0.135. The van der Waals surface area contributed by atoms with Crippen molar-refractivity contribution in [3.8, 4) is 0 Å². The molecule has 1 saturated carbocycles. The standard InChI is InChI=1S/C17H28N4O3/c1-2-23-12-6-10-18-17(22)21-11-5-3-4-7-14(21)16-19-15(20-24-16)13-8-9-13/h13-14H,2-12H2,1H3,(H,18,22). The third-order valence-corrected chi connectivity index (χ3v) is 4.64. The molecule has 2 aliphatic rings. The van der Waals surface area contributed by atoms with Crippen molar-refractivity contribution in [3.05, 3.63) is 11.7 Å². The van der Waals surface area contributed by atoms with Gasteiger partial charge >= 0.3 is 6.03 Å². The van der Waals surface area contributed by atoms with Crippen LogP contribution in [0.1, 0.15) is 75.5 Å². The third-order valence-electron chi connectivity index (χ3n) is 4.64. The summed E-state index contributed by atoms with van der Waals surface area (Å²) in [6.45, 7) is 4.72. The molecule has 1 aromatic rings. The number of amides is 2. The van der Waals surface area contributed by atoms with E-state index in [1.807, 2.05) is 11.8 Å². The number of likely N-dealkylation sites (tertiary alicyclic amines) is 1. The average Bonchev–Trinajstić information content (AvgIpc) is 3.37. The summed E-state index contributed by atoms with van der Waals surface area (Å²) < 4.78 is 10.8. The predicted octanol–water partition coefficient (Wildman–Crippen LogP) is 3.00. The van der Waals surface area contributed by atoms with E-state index in [2.05, 4.69) is 15.5 Å². The Kier molecular flexibility index (Phi) is 6.07. The van der Waals surface area contributed by atoms with E-state index in [9.17, 15) is 4.79 Å². The van der Waals surface area contributed by atoms with Crippen LogP contribution in [0.15, 0.2) is 4.52 Å². The minimum absolute atomic E-state index is 0.0374. The Hall–Kier alpha value is -1.63. The highest BCUT2D eigenvalue weighted by molar-refractivity contribution is 5.74. The van der Waals surface area contributed by atoms with Gasteiger partial charge in [-0.05, 0) is 39.0 Å². The number of nitrogens with one attached hydrogen (secondary N) is 1. The van der Waals surface area contributed by atoms with Gasteiger partial charge < -0.3 is 19.5 Å². The van der Waals surface area contributed by atoms with Crippen LogP contribution < -0.4 is 5.32 Å². The molecule has 7 heteroatoms. The topological polar surface area (TPSA) is 80.5 Å². The van der Waals surface area contributed by atoms with Crippen LogP contribution in [0.25, 0.3) is 0 Å². The van der Waals surface area contributed by atoms with Gasteiger partial charge in [-0.1, -0.05) is 18.0 Å². The van der Waals surface area contributed by atoms with Crippen molar-refractivity contribution in [1.82, 2.24) is 20.4 Å². The van der Waals surface area contributed by atoms with Crippen LogP contribution in [-0.4, -0.2) is 47.4 Å². The summed E-state index contributed by atoms with van der Waals surface area (Å²) in [5, 5.41) is 7.11. The van der Waals surface area contributed by atoms with Crippen LogP contribution in [0.4, 0.5) is 4.79 Å². The van der Waals surface area contributed by atoms with Gasteiger partial charge in [-0.25, -0.2) is 4.79 Å². The number of ether oxygens (including phenoxy) is 1. The SMILES string of the molecule is CCOCCCNC(=O)N1CCCCCC1c1nc(C2CC2)no1. The summed E-state index contributed by atoms with van der Waals surface area (Å²) in [5.41, 5.74) is 0. The molecule has 2 heterocycles. The Bertz CT molecular complexity index is 530. The van der Waals surface area contributed by atoms with E-state index in [0.717, 1.165) is 57.3 Å². The van der Waals surface area contributed by atoms with Gasteiger partial charge in [0, 0.05) is 32.2 Å². The molecule has 1 aliphatic heterocycles. The van der Waals surface area contributed by atoms with Crippen LogP contribution in [0.3, 0.4) is 0 Å². The molecule has 0 spiro atoms. The molecule has 1 aliphatic carbocycles. The Balaban J connectivity index is 1.59. The van der Waals surface area contributed by atoms with Crippen molar-refractivity contribution in [2.24, 2.45) is 0 Å². The number of nitrogens with zero attached hydrogens (tertiary/aromatic N) is 3. The fourth-order valence-corrected chi connectivity index (χ4v) is 3.11. The maximum atomic E-state index is 12.6. The predicted molar refractivity (Wildman–Crippen MR) is 88.7 cm³/mol. The molecule has 1 aromatic heterocycles. The van der Waals surface area contributed by atoms with Gasteiger partial charge in [0.2, 0.25) is 5.89 Å². The molecule has 1 atom stereocenters. The normalized spacial score (nSPS) is 21.5. The first-order valence-electron chi connectivity index (χ1n) is 9.25. The van der Waals surface area contributed by atoms with Gasteiger partial charge in [0.1, 0.15) is 6.04 Å². The molecule has 134 valence electrons. The molecule has 1 saturated heterocycles. The van der Waals surface area contributed by atoms with E-state index in [1.54, 1.807) is 0 Å². The number of aromatic nitrogens is 2. The van der Waals surface area contributed by atoms with E-state index in [1.165, 1.54) is 0 Å². The lowest BCUT2D eigenvalue weighted by Gasteiger charge is -2.27. The number of carbonyl (C=O) groups excluding carboxylic acids is 1. The zero-order chi connectivity index (χ0) is 16.8. The molecule has 2 fully saturated rings. The lowest BCUT2D eigenvalue weighted by atomic mass is 10.1. The monoisotopic (exact) mass is 336 g/mol. The molecular weight excluding hydrogens is 308 g/mol. The molecule has 7 nitrogen and oxygen atoms in total. The minimum Gasteiger partial charge on any atom is -0.382 e. The third kappa shape index (κ3) is 4.47. The zero-order valence-corrected chi connectivity index (χ0v) is 14.5. The molecule has 3 rings (SSSR count). The van der Waals surface area contributed by atoms with E-state index >= 15 is 0 Å². The lowest BCUT2D eigenvalue weighted by molar-refractivity contribution is 0.140. The van der Waals surface area contributed by atoms with Gasteiger partial charge in [0.05, 0.1) is 0 Å². The molecule has 1 unspecified atom stereocenters. The molecular formula is C17H28N4O3. The highest BCUT2D eigenvalue weighted by Gasteiger charge is 2.34. The van der Waals surface area contributed by atoms with Crippen molar-refractivity contribution in [2.45, 2.75) is 63.8 Å². The smallest absolute Gasteiger partial charge is 0.318 e. The molecule has 24 heavy (non-hydrogen) atoms. The highest BCUT2D eigenvalue weighted by atomic mass is 16.5. The number of hydrogen-bond acceptors (Lipinski definition) is 5. The van der Waals surface area contributed by atoms with Gasteiger partial charge in [0.25, 0.3) is 0 Å². The van der Waals surface area contributed by atoms with Crippen molar-refractivity contribution in [2.75, 3.05) is 26.3 Å². The highest BCUT2D eigenvalue weighted by Crippen LogP contribution is 2.39.